The highest BCUT2D eigenvalue weighted by atomic mass is 16.1. The monoisotopic (exact) mass is 218 g/mol. The Bertz CT molecular complexity index is 350. The summed E-state index contributed by atoms with van der Waals surface area (Å²) >= 11 is 0. The average Bonchev–Trinajstić information content (AvgIpc) is 2.39. The zero-order valence-electron chi connectivity index (χ0n) is 9.72. The van der Waals surface area contributed by atoms with Gasteiger partial charge in [0.05, 0.1) is 6.04 Å². The molecular formula is C13H18N2O. The second-order valence-electron chi connectivity index (χ2n) is 4.21. The average molecular weight is 218 g/mol. The van der Waals surface area contributed by atoms with Gasteiger partial charge in [0.15, 0.2) is 5.78 Å². The molecule has 1 saturated heterocycles. The van der Waals surface area contributed by atoms with E-state index >= 15 is 0 Å². The quantitative estimate of drug-likeness (QED) is 0.781. The number of carbonyl (C=O) groups excluding carboxylic acids is 1. The van der Waals surface area contributed by atoms with E-state index in [0.717, 1.165) is 31.6 Å². The van der Waals surface area contributed by atoms with Crippen molar-refractivity contribution in [2.75, 3.05) is 11.4 Å². The maximum absolute atomic E-state index is 11.9. The van der Waals surface area contributed by atoms with Crippen LogP contribution in [0.25, 0.3) is 0 Å². The smallest absolute Gasteiger partial charge is 0.155 e. The first-order chi connectivity index (χ1) is 7.83. The van der Waals surface area contributed by atoms with Gasteiger partial charge in [0.1, 0.15) is 5.82 Å². The summed E-state index contributed by atoms with van der Waals surface area (Å²) in [6.07, 6.45) is 5.69. The Morgan fingerprint density at radius 2 is 2.38 bits per heavy atom. The van der Waals surface area contributed by atoms with Crippen molar-refractivity contribution in [3.05, 3.63) is 24.4 Å². The first-order valence-corrected chi connectivity index (χ1v) is 6.03. The second kappa shape index (κ2) is 5.10. The zero-order valence-corrected chi connectivity index (χ0v) is 9.72. The summed E-state index contributed by atoms with van der Waals surface area (Å²) in [5.74, 6) is 1.28. The molecule has 0 aromatic carbocycles. The van der Waals surface area contributed by atoms with Gasteiger partial charge in [-0.2, -0.15) is 0 Å². The summed E-state index contributed by atoms with van der Waals surface area (Å²) in [5, 5.41) is 0. The molecule has 0 saturated carbocycles. The first kappa shape index (κ1) is 11.1. The molecule has 0 spiro atoms. The van der Waals surface area contributed by atoms with Gasteiger partial charge in [0.2, 0.25) is 0 Å². The highest BCUT2D eigenvalue weighted by molar-refractivity contribution is 5.86. The van der Waals surface area contributed by atoms with Crippen LogP contribution in [-0.2, 0) is 4.79 Å². The van der Waals surface area contributed by atoms with Crippen LogP contribution in [0.1, 0.15) is 32.6 Å². The summed E-state index contributed by atoms with van der Waals surface area (Å²) in [7, 11) is 0. The topological polar surface area (TPSA) is 33.2 Å². The maximum Gasteiger partial charge on any atom is 0.155 e. The standard InChI is InChI=1S/C13H18N2O/c1-2-12(16)11-7-4-6-10-15(11)13-8-3-5-9-14-13/h3,5,8-9,11H,2,4,6-7,10H2,1H3. The van der Waals surface area contributed by atoms with E-state index in [-0.39, 0.29) is 6.04 Å². The number of Topliss-reactive ketones (excluding diaryl/α,β-unsaturated/α-hetero) is 1. The maximum atomic E-state index is 11.9. The van der Waals surface area contributed by atoms with Gasteiger partial charge < -0.3 is 4.90 Å². The normalized spacial score (nSPS) is 20.8. The van der Waals surface area contributed by atoms with Crippen LogP contribution in [0.4, 0.5) is 5.82 Å². The molecule has 3 nitrogen and oxygen atoms in total. The van der Waals surface area contributed by atoms with E-state index in [1.807, 2.05) is 25.1 Å². The molecule has 0 bridgehead atoms. The summed E-state index contributed by atoms with van der Waals surface area (Å²) in [5.41, 5.74) is 0. The van der Waals surface area contributed by atoms with Crippen molar-refractivity contribution in [1.82, 2.24) is 4.98 Å². The fourth-order valence-corrected chi connectivity index (χ4v) is 2.30. The molecule has 1 atom stereocenters. The first-order valence-electron chi connectivity index (χ1n) is 6.03. The minimum absolute atomic E-state index is 0.0497. The Kier molecular flexibility index (Phi) is 3.54. The SMILES string of the molecule is CCC(=O)C1CCCCN1c1ccccn1. The molecule has 1 aromatic rings. The van der Waals surface area contributed by atoms with Crippen molar-refractivity contribution < 1.29 is 4.79 Å². The van der Waals surface area contributed by atoms with Gasteiger partial charge in [-0.05, 0) is 31.4 Å². The lowest BCUT2D eigenvalue weighted by Crippen LogP contribution is -2.45. The Morgan fingerprint density at radius 1 is 1.50 bits per heavy atom. The van der Waals surface area contributed by atoms with Gasteiger partial charge in [-0.15, -0.1) is 0 Å². The molecule has 0 amide bonds. The predicted molar refractivity (Wildman–Crippen MR) is 64.5 cm³/mol. The van der Waals surface area contributed by atoms with E-state index in [4.69, 9.17) is 0 Å². The van der Waals surface area contributed by atoms with Crippen molar-refractivity contribution >= 4 is 11.6 Å². The van der Waals surface area contributed by atoms with Crippen LogP contribution in [0, 0.1) is 0 Å². The molecule has 2 rings (SSSR count). The molecule has 1 fully saturated rings. The van der Waals surface area contributed by atoms with Gasteiger partial charge in [0, 0.05) is 19.2 Å². The van der Waals surface area contributed by atoms with Crippen LogP contribution in [0.2, 0.25) is 0 Å². The van der Waals surface area contributed by atoms with E-state index in [0.29, 0.717) is 12.2 Å². The number of anilines is 1. The Hall–Kier alpha value is -1.38. The van der Waals surface area contributed by atoms with Crippen molar-refractivity contribution in [2.24, 2.45) is 0 Å². The summed E-state index contributed by atoms with van der Waals surface area (Å²) < 4.78 is 0. The number of aromatic nitrogens is 1. The minimum Gasteiger partial charge on any atom is -0.347 e. The highest BCUT2D eigenvalue weighted by Gasteiger charge is 2.27. The van der Waals surface area contributed by atoms with Crippen LogP contribution in [0.3, 0.4) is 0 Å². The van der Waals surface area contributed by atoms with E-state index in [9.17, 15) is 4.79 Å². The van der Waals surface area contributed by atoms with Gasteiger partial charge >= 0.3 is 0 Å². The number of rotatable bonds is 3. The van der Waals surface area contributed by atoms with Gasteiger partial charge in [-0.1, -0.05) is 13.0 Å². The van der Waals surface area contributed by atoms with E-state index in [1.165, 1.54) is 0 Å². The lowest BCUT2D eigenvalue weighted by molar-refractivity contribution is -0.120. The van der Waals surface area contributed by atoms with Crippen LogP contribution < -0.4 is 4.90 Å². The largest absolute Gasteiger partial charge is 0.347 e. The van der Waals surface area contributed by atoms with Gasteiger partial charge in [-0.3, -0.25) is 4.79 Å². The second-order valence-corrected chi connectivity index (χ2v) is 4.21. The third-order valence-electron chi connectivity index (χ3n) is 3.17. The Morgan fingerprint density at radius 3 is 3.06 bits per heavy atom. The lowest BCUT2D eigenvalue weighted by Gasteiger charge is -2.35. The molecule has 16 heavy (non-hydrogen) atoms. The molecule has 0 N–H and O–H groups in total. The number of hydrogen-bond donors (Lipinski definition) is 0. The zero-order chi connectivity index (χ0) is 11.4. The number of hydrogen-bond acceptors (Lipinski definition) is 3. The number of nitrogens with zero attached hydrogens (tertiary/aromatic N) is 2. The van der Waals surface area contributed by atoms with E-state index in [1.54, 1.807) is 6.20 Å². The molecule has 2 heterocycles. The third kappa shape index (κ3) is 2.23. The summed E-state index contributed by atoms with van der Waals surface area (Å²) in [6.45, 7) is 2.89. The summed E-state index contributed by atoms with van der Waals surface area (Å²) in [6, 6.07) is 5.92. The van der Waals surface area contributed by atoms with E-state index in [2.05, 4.69) is 9.88 Å². The third-order valence-corrected chi connectivity index (χ3v) is 3.17. The molecule has 0 radical (unpaired) electrons. The van der Waals surface area contributed by atoms with E-state index < -0.39 is 0 Å². The Labute approximate surface area is 96.5 Å². The van der Waals surface area contributed by atoms with Crippen LogP contribution in [0.15, 0.2) is 24.4 Å². The fraction of sp³-hybridized carbons (Fsp3) is 0.538. The molecule has 1 aliphatic heterocycles. The molecule has 3 heteroatoms. The molecule has 1 aliphatic rings. The number of pyridine rings is 1. The van der Waals surface area contributed by atoms with Crippen LogP contribution in [0.5, 0.6) is 0 Å². The number of piperidine rings is 1. The van der Waals surface area contributed by atoms with Crippen molar-refractivity contribution in [3.8, 4) is 0 Å². The molecule has 86 valence electrons. The minimum atomic E-state index is 0.0497. The lowest BCUT2D eigenvalue weighted by atomic mass is 9.97. The number of carbonyl (C=O) groups is 1. The van der Waals surface area contributed by atoms with Crippen LogP contribution in [-0.4, -0.2) is 23.4 Å². The van der Waals surface area contributed by atoms with Gasteiger partial charge in [-0.25, -0.2) is 4.98 Å². The van der Waals surface area contributed by atoms with Crippen LogP contribution >= 0.6 is 0 Å². The fourth-order valence-electron chi connectivity index (χ4n) is 2.30. The Balaban J connectivity index is 2.20. The highest BCUT2D eigenvalue weighted by Crippen LogP contribution is 2.23. The van der Waals surface area contributed by atoms with Crippen molar-refractivity contribution in [3.63, 3.8) is 0 Å². The number of ketones is 1. The predicted octanol–water partition coefficient (Wildman–Crippen LogP) is 2.42. The molecular weight excluding hydrogens is 200 g/mol. The molecule has 1 unspecified atom stereocenters. The van der Waals surface area contributed by atoms with Crippen molar-refractivity contribution in [2.45, 2.75) is 38.6 Å². The van der Waals surface area contributed by atoms with Crippen molar-refractivity contribution in [1.29, 1.82) is 0 Å². The summed E-state index contributed by atoms with van der Waals surface area (Å²) in [4.78, 5) is 18.4. The molecule has 1 aromatic heterocycles. The van der Waals surface area contributed by atoms with Gasteiger partial charge in [0.25, 0.3) is 0 Å². The molecule has 0 aliphatic carbocycles.